The minimum atomic E-state index is 0.119. The highest BCUT2D eigenvalue weighted by atomic mass is 15.1. The predicted octanol–water partition coefficient (Wildman–Crippen LogP) is 9.55. The second-order valence-corrected chi connectivity index (χ2v) is 10.4. The molecule has 5 aromatic carbocycles. The van der Waals surface area contributed by atoms with Crippen LogP contribution in [-0.4, -0.2) is 4.57 Å². The Morgan fingerprint density at radius 2 is 1.06 bits per heavy atom. The van der Waals surface area contributed by atoms with Crippen LogP contribution < -0.4 is 4.90 Å². The first-order chi connectivity index (χ1) is 17.5. The van der Waals surface area contributed by atoms with Crippen LogP contribution in [0.4, 0.5) is 17.1 Å². The number of fused-ring (bicyclic) bond motifs is 3. The zero-order chi connectivity index (χ0) is 24.7. The Balaban J connectivity index is 1.57. The van der Waals surface area contributed by atoms with E-state index in [1.54, 1.807) is 0 Å². The van der Waals surface area contributed by atoms with E-state index in [0.29, 0.717) is 0 Å². The van der Waals surface area contributed by atoms with Crippen LogP contribution in [0.15, 0.2) is 127 Å². The largest absolute Gasteiger partial charge is 0.310 e. The molecule has 0 atom stereocenters. The molecule has 2 nitrogen and oxygen atoms in total. The van der Waals surface area contributed by atoms with E-state index in [4.69, 9.17) is 0 Å². The standard InChI is InChI=1S/C34H30N2/c1-34(2,3)25-18-20-28(21-19-25)35(26-12-6-4-7-13-26)29-22-23-33-31(24-29)30-16-10-11-17-32(30)36(33)27-14-8-5-9-15-27/h4-24H,1-3H3. The third-order valence-corrected chi connectivity index (χ3v) is 6.93. The molecule has 1 heterocycles. The fraction of sp³-hybridized carbons (Fsp3) is 0.118. The zero-order valence-electron chi connectivity index (χ0n) is 21.0. The summed E-state index contributed by atoms with van der Waals surface area (Å²) in [5, 5.41) is 2.51. The number of hydrogen-bond acceptors (Lipinski definition) is 1. The number of nitrogens with zero attached hydrogens (tertiary/aromatic N) is 2. The SMILES string of the molecule is CC(C)(C)c1ccc(N(c2ccccc2)c2ccc3c(c2)c2ccccc2n3-c2ccccc2)cc1. The predicted molar refractivity (Wildman–Crippen MR) is 154 cm³/mol. The molecule has 1 aromatic heterocycles. The van der Waals surface area contributed by atoms with Crippen molar-refractivity contribution in [3.8, 4) is 5.69 Å². The lowest BCUT2D eigenvalue weighted by Crippen LogP contribution is -2.13. The van der Waals surface area contributed by atoms with Crippen LogP contribution in [0.3, 0.4) is 0 Å². The van der Waals surface area contributed by atoms with E-state index in [-0.39, 0.29) is 5.41 Å². The third-order valence-electron chi connectivity index (χ3n) is 6.93. The van der Waals surface area contributed by atoms with Gasteiger partial charge in [0, 0.05) is 33.5 Å². The molecule has 0 fully saturated rings. The van der Waals surface area contributed by atoms with Gasteiger partial charge in [-0.2, -0.15) is 0 Å². The van der Waals surface area contributed by atoms with Crippen LogP contribution in [0.1, 0.15) is 26.3 Å². The van der Waals surface area contributed by atoms with Crippen LogP contribution in [0.5, 0.6) is 0 Å². The molecule has 0 amide bonds. The summed E-state index contributed by atoms with van der Waals surface area (Å²) in [5.74, 6) is 0. The number of hydrogen-bond donors (Lipinski definition) is 0. The minimum Gasteiger partial charge on any atom is -0.310 e. The van der Waals surface area contributed by atoms with Gasteiger partial charge in [0.1, 0.15) is 0 Å². The van der Waals surface area contributed by atoms with Crippen LogP contribution in [0, 0.1) is 0 Å². The van der Waals surface area contributed by atoms with Gasteiger partial charge in [-0.05, 0) is 71.6 Å². The van der Waals surface area contributed by atoms with Crippen molar-refractivity contribution < 1.29 is 0 Å². The van der Waals surface area contributed by atoms with Gasteiger partial charge in [-0.1, -0.05) is 87.5 Å². The lowest BCUT2D eigenvalue weighted by Gasteiger charge is -2.27. The van der Waals surface area contributed by atoms with Gasteiger partial charge in [0.15, 0.2) is 0 Å². The molecule has 6 rings (SSSR count). The number of rotatable bonds is 4. The summed E-state index contributed by atoms with van der Waals surface area (Å²) in [6, 6.07) is 45.8. The van der Waals surface area contributed by atoms with Crippen molar-refractivity contribution in [2.75, 3.05) is 4.90 Å². The van der Waals surface area contributed by atoms with Crippen molar-refractivity contribution in [3.63, 3.8) is 0 Å². The highest BCUT2D eigenvalue weighted by molar-refractivity contribution is 6.10. The van der Waals surface area contributed by atoms with Crippen molar-refractivity contribution in [3.05, 3.63) is 133 Å². The molecule has 0 saturated carbocycles. The molecule has 0 radical (unpaired) electrons. The molecular weight excluding hydrogens is 436 g/mol. The van der Waals surface area contributed by atoms with Gasteiger partial charge in [0.2, 0.25) is 0 Å². The van der Waals surface area contributed by atoms with Gasteiger partial charge < -0.3 is 9.47 Å². The molecule has 0 spiro atoms. The maximum atomic E-state index is 2.36. The van der Waals surface area contributed by atoms with E-state index in [9.17, 15) is 0 Å². The highest BCUT2D eigenvalue weighted by Crippen LogP contribution is 2.40. The average Bonchev–Trinajstić information content (AvgIpc) is 3.24. The smallest absolute Gasteiger partial charge is 0.0542 e. The van der Waals surface area contributed by atoms with E-state index in [0.717, 1.165) is 17.1 Å². The number of para-hydroxylation sites is 3. The van der Waals surface area contributed by atoms with Crippen LogP contribution in [0.2, 0.25) is 0 Å². The Hall–Kier alpha value is -4.30. The van der Waals surface area contributed by atoms with Gasteiger partial charge in [-0.25, -0.2) is 0 Å². The second-order valence-electron chi connectivity index (χ2n) is 10.4. The molecule has 0 aliphatic heterocycles. The molecule has 0 saturated heterocycles. The van der Waals surface area contributed by atoms with Gasteiger partial charge in [-0.3, -0.25) is 0 Å². The molecule has 0 N–H and O–H groups in total. The van der Waals surface area contributed by atoms with Crippen molar-refractivity contribution in [1.82, 2.24) is 4.57 Å². The maximum Gasteiger partial charge on any atom is 0.0542 e. The monoisotopic (exact) mass is 466 g/mol. The first-order valence-corrected chi connectivity index (χ1v) is 12.5. The highest BCUT2D eigenvalue weighted by Gasteiger charge is 2.18. The van der Waals surface area contributed by atoms with E-state index in [1.807, 2.05) is 0 Å². The quantitative estimate of drug-likeness (QED) is 0.251. The Bertz CT molecular complexity index is 1640. The molecule has 6 aromatic rings. The van der Waals surface area contributed by atoms with Gasteiger partial charge in [0.05, 0.1) is 11.0 Å². The first kappa shape index (κ1) is 22.2. The Morgan fingerprint density at radius 3 is 1.75 bits per heavy atom. The Kier molecular flexibility index (Phi) is 5.38. The molecule has 2 heteroatoms. The van der Waals surface area contributed by atoms with E-state index >= 15 is 0 Å². The number of benzene rings is 5. The molecule has 0 aliphatic carbocycles. The summed E-state index contributed by atoms with van der Waals surface area (Å²) in [7, 11) is 0. The van der Waals surface area contributed by atoms with Crippen LogP contribution in [0.25, 0.3) is 27.5 Å². The topological polar surface area (TPSA) is 8.17 Å². The Labute approximate surface area is 213 Å². The van der Waals surface area contributed by atoms with Crippen molar-refractivity contribution >= 4 is 38.9 Å². The molecule has 0 aliphatic rings. The normalized spacial score (nSPS) is 11.8. The van der Waals surface area contributed by atoms with Gasteiger partial charge in [0.25, 0.3) is 0 Å². The fourth-order valence-electron chi connectivity index (χ4n) is 5.09. The Morgan fingerprint density at radius 1 is 0.500 bits per heavy atom. The zero-order valence-corrected chi connectivity index (χ0v) is 21.0. The van der Waals surface area contributed by atoms with Crippen molar-refractivity contribution in [2.45, 2.75) is 26.2 Å². The summed E-state index contributed by atoms with van der Waals surface area (Å²) in [4.78, 5) is 2.35. The molecule has 0 unspecified atom stereocenters. The summed E-state index contributed by atoms with van der Waals surface area (Å²) in [6.07, 6.45) is 0. The van der Waals surface area contributed by atoms with Crippen LogP contribution >= 0.6 is 0 Å². The molecular formula is C34H30N2. The fourth-order valence-corrected chi connectivity index (χ4v) is 5.09. The number of aromatic nitrogens is 1. The lowest BCUT2D eigenvalue weighted by molar-refractivity contribution is 0.590. The van der Waals surface area contributed by atoms with E-state index < -0.39 is 0 Å². The summed E-state index contributed by atoms with van der Waals surface area (Å²) in [5.41, 5.74) is 8.50. The van der Waals surface area contributed by atoms with Crippen molar-refractivity contribution in [1.29, 1.82) is 0 Å². The summed E-state index contributed by atoms with van der Waals surface area (Å²) in [6.45, 7) is 6.77. The van der Waals surface area contributed by atoms with E-state index in [1.165, 1.54) is 33.1 Å². The molecule has 36 heavy (non-hydrogen) atoms. The minimum absolute atomic E-state index is 0.119. The lowest BCUT2D eigenvalue weighted by atomic mass is 9.87. The average molecular weight is 467 g/mol. The number of anilines is 3. The first-order valence-electron chi connectivity index (χ1n) is 12.5. The van der Waals surface area contributed by atoms with Crippen molar-refractivity contribution in [2.24, 2.45) is 0 Å². The summed E-state index contributed by atoms with van der Waals surface area (Å²) < 4.78 is 2.36. The second kappa shape index (κ2) is 8.73. The molecule has 176 valence electrons. The van der Waals surface area contributed by atoms with Gasteiger partial charge >= 0.3 is 0 Å². The van der Waals surface area contributed by atoms with Crippen LogP contribution in [-0.2, 0) is 5.41 Å². The van der Waals surface area contributed by atoms with E-state index in [2.05, 4.69) is 158 Å². The maximum absolute atomic E-state index is 2.36. The molecule has 0 bridgehead atoms. The summed E-state index contributed by atoms with van der Waals surface area (Å²) >= 11 is 0. The van der Waals surface area contributed by atoms with Gasteiger partial charge in [-0.15, -0.1) is 0 Å². The third kappa shape index (κ3) is 3.85.